The first kappa shape index (κ1) is 26.6. The second-order valence-electron chi connectivity index (χ2n) is 7.43. The fraction of sp³-hybridized carbons (Fsp3) is 0.778. The predicted octanol–water partition coefficient (Wildman–Crippen LogP) is -1.40. The molecular formula is C18H37N7O4. The Morgan fingerprint density at radius 2 is 1.59 bits per heavy atom. The molecule has 0 aliphatic carbocycles. The van der Waals surface area contributed by atoms with E-state index in [1.54, 1.807) is 0 Å². The quantitative estimate of drug-likeness (QED) is 0.0956. The number of nitrogens with one attached hydrogen (secondary N) is 2. The normalized spacial score (nSPS) is 14.0. The van der Waals surface area contributed by atoms with Gasteiger partial charge in [0.1, 0.15) is 12.1 Å². The lowest BCUT2D eigenvalue weighted by Crippen LogP contribution is -2.54. The van der Waals surface area contributed by atoms with Crippen molar-refractivity contribution >= 4 is 23.7 Å². The van der Waals surface area contributed by atoms with Crippen LogP contribution in [-0.2, 0) is 14.4 Å². The van der Waals surface area contributed by atoms with Gasteiger partial charge in [-0.25, -0.2) is 4.79 Å². The van der Waals surface area contributed by atoms with Crippen LogP contribution in [0.2, 0.25) is 0 Å². The lowest BCUT2D eigenvalue weighted by atomic mass is 10.0. The average molecular weight is 416 g/mol. The van der Waals surface area contributed by atoms with Gasteiger partial charge in [-0.1, -0.05) is 20.3 Å². The van der Waals surface area contributed by atoms with Crippen molar-refractivity contribution in [3.8, 4) is 0 Å². The highest BCUT2D eigenvalue weighted by molar-refractivity contribution is 5.91. The first-order chi connectivity index (χ1) is 13.6. The maximum atomic E-state index is 12.6. The molecule has 0 saturated heterocycles. The Bertz CT molecular complexity index is 550. The van der Waals surface area contributed by atoms with E-state index in [-0.39, 0.29) is 24.8 Å². The van der Waals surface area contributed by atoms with Gasteiger partial charge in [0.2, 0.25) is 11.8 Å². The molecule has 0 rings (SSSR count). The van der Waals surface area contributed by atoms with Crippen LogP contribution in [0, 0.1) is 5.92 Å². The van der Waals surface area contributed by atoms with Crippen molar-refractivity contribution in [2.45, 2.75) is 70.5 Å². The van der Waals surface area contributed by atoms with E-state index in [0.29, 0.717) is 32.2 Å². The maximum absolute atomic E-state index is 12.6. The third-order valence-electron chi connectivity index (χ3n) is 4.21. The summed E-state index contributed by atoms with van der Waals surface area (Å²) in [6.45, 7) is 4.58. The number of nitrogens with two attached hydrogens (primary N) is 4. The van der Waals surface area contributed by atoms with Gasteiger partial charge in [0.05, 0.1) is 6.04 Å². The zero-order chi connectivity index (χ0) is 22.4. The third-order valence-corrected chi connectivity index (χ3v) is 4.21. The maximum Gasteiger partial charge on any atom is 0.326 e. The summed E-state index contributed by atoms with van der Waals surface area (Å²) in [5, 5.41) is 14.5. The SMILES string of the molecule is CC(C)CC(NC(=O)C(N)CCCCN)C(=O)NC(CCCN=C(N)N)C(=O)O. The van der Waals surface area contributed by atoms with Crippen molar-refractivity contribution in [2.24, 2.45) is 33.8 Å². The third kappa shape index (κ3) is 12.6. The molecule has 0 radical (unpaired) electrons. The molecule has 11 N–H and O–H groups in total. The zero-order valence-electron chi connectivity index (χ0n) is 17.4. The van der Waals surface area contributed by atoms with Crippen molar-refractivity contribution in [1.82, 2.24) is 10.6 Å². The number of aliphatic imine (C=N–C) groups is 1. The Hall–Kier alpha value is -2.40. The smallest absolute Gasteiger partial charge is 0.326 e. The summed E-state index contributed by atoms with van der Waals surface area (Å²) in [5.74, 6) is -2.15. The summed E-state index contributed by atoms with van der Waals surface area (Å²) in [6.07, 6.45) is 2.82. The number of guanidine groups is 1. The van der Waals surface area contributed by atoms with Crippen molar-refractivity contribution < 1.29 is 19.5 Å². The van der Waals surface area contributed by atoms with Crippen molar-refractivity contribution in [3.63, 3.8) is 0 Å². The van der Waals surface area contributed by atoms with E-state index in [1.165, 1.54) is 0 Å². The van der Waals surface area contributed by atoms with E-state index < -0.39 is 35.9 Å². The largest absolute Gasteiger partial charge is 0.480 e. The van der Waals surface area contributed by atoms with E-state index in [1.807, 2.05) is 13.8 Å². The molecule has 3 unspecified atom stereocenters. The summed E-state index contributed by atoms with van der Waals surface area (Å²) in [4.78, 5) is 40.2. The molecule has 0 aliphatic rings. The second-order valence-corrected chi connectivity index (χ2v) is 7.43. The molecule has 0 heterocycles. The van der Waals surface area contributed by atoms with Gasteiger partial charge >= 0.3 is 5.97 Å². The predicted molar refractivity (Wildman–Crippen MR) is 112 cm³/mol. The summed E-state index contributed by atoms with van der Waals surface area (Å²) in [6, 6.07) is -2.73. The number of nitrogens with zero attached hydrogens (tertiary/aromatic N) is 1. The Labute approximate surface area is 172 Å². The summed E-state index contributed by atoms with van der Waals surface area (Å²) in [7, 11) is 0. The van der Waals surface area contributed by atoms with Crippen molar-refractivity contribution in [1.29, 1.82) is 0 Å². The number of carboxylic acid groups (broad SMARTS) is 1. The number of aliphatic carboxylic acids is 1. The minimum atomic E-state index is -1.17. The van der Waals surface area contributed by atoms with E-state index >= 15 is 0 Å². The number of amides is 2. The first-order valence-electron chi connectivity index (χ1n) is 9.93. The van der Waals surface area contributed by atoms with Gasteiger partial charge in [-0.2, -0.15) is 0 Å². The topological polar surface area (TPSA) is 212 Å². The minimum absolute atomic E-state index is 0.0802. The molecule has 11 nitrogen and oxygen atoms in total. The van der Waals surface area contributed by atoms with Gasteiger partial charge in [-0.3, -0.25) is 14.6 Å². The lowest BCUT2D eigenvalue weighted by Gasteiger charge is -2.24. The Balaban J connectivity index is 4.91. The molecule has 0 aliphatic heterocycles. The van der Waals surface area contributed by atoms with Gasteiger partial charge in [-0.15, -0.1) is 0 Å². The van der Waals surface area contributed by atoms with Gasteiger partial charge in [0, 0.05) is 6.54 Å². The highest BCUT2D eigenvalue weighted by Crippen LogP contribution is 2.08. The Kier molecular flexibility index (Phi) is 13.4. The van der Waals surface area contributed by atoms with Crippen LogP contribution < -0.4 is 33.6 Å². The standard InChI is InChI=1S/C18H37N7O4/c1-11(2)10-14(25-15(26)12(20)6-3-4-8-19)16(27)24-13(17(28)29)7-5-9-23-18(21)22/h11-14H,3-10,19-20H2,1-2H3,(H,24,27)(H,25,26)(H,28,29)(H4,21,22,23). The monoisotopic (exact) mass is 415 g/mol. The van der Waals surface area contributed by atoms with Crippen LogP contribution in [0.5, 0.6) is 0 Å². The molecule has 11 heteroatoms. The van der Waals surface area contributed by atoms with Crippen LogP contribution >= 0.6 is 0 Å². The number of rotatable bonds is 15. The average Bonchev–Trinajstić information content (AvgIpc) is 2.62. The van der Waals surface area contributed by atoms with E-state index in [0.717, 1.165) is 6.42 Å². The van der Waals surface area contributed by atoms with Crippen LogP contribution in [0.4, 0.5) is 0 Å². The van der Waals surface area contributed by atoms with Crippen LogP contribution in [-0.4, -0.2) is 60.1 Å². The lowest BCUT2D eigenvalue weighted by molar-refractivity contribution is -0.142. The van der Waals surface area contributed by atoms with Gasteiger partial charge in [0.15, 0.2) is 5.96 Å². The number of carbonyl (C=O) groups is 3. The molecule has 3 atom stereocenters. The number of carboxylic acids is 1. The molecule has 0 saturated carbocycles. The number of hydrogen-bond acceptors (Lipinski definition) is 6. The molecule has 29 heavy (non-hydrogen) atoms. The summed E-state index contributed by atoms with van der Waals surface area (Å²) >= 11 is 0. The number of hydrogen-bond donors (Lipinski definition) is 7. The molecule has 2 amide bonds. The fourth-order valence-electron chi connectivity index (χ4n) is 2.65. The highest BCUT2D eigenvalue weighted by Gasteiger charge is 2.28. The van der Waals surface area contributed by atoms with Crippen molar-refractivity contribution in [2.75, 3.05) is 13.1 Å². The summed E-state index contributed by atoms with van der Waals surface area (Å²) in [5.41, 5.74) is 21.8. The molecule has 0 bridgehead atoms. The number of carbonyl (C=O) groups excluding carboxylic acids is 2. The Morgan fingerprint density at radius 3 is 2.10 bits per heavy atom. The van der Waals surface area contributed by atoms with Crippen LogP contribution in [0.1, 0.15) is 52.4 Å². The molecule has 0 spiro atoms. The zero-order valence-corrected chi connectivity index (χ0v) is 17.4. The molecule has 0 aromatic heterocycles. The number of unbranched alkanes of at least 4 members (excludes halogenated alkanes) is 1. The van der Waals surface area contributed by atoms with Crippen molar-refractivity contribution in [3.05, 3.63) is 0 Å². The van der Waals surface area contributed by atoms with Gasteiger partial charge in [0.25, 0.3) is 0 Å². The molecule has 0 aromatic carbocycles. The second kappa shape index (κ2) is 14.6. The van der Waals surface area contributed by atoms with Crippen LogP contribution in [0.3, 0.4) is 0 Å². The van der Waals surface area contributed by atoms with Gasteiger partial charge < -0.3 is 38.7 Å². The Morgan fingerprint density at radius 1 is 0.966 bits per heavy atom. The first-order valence-corrected chi connectivity index (χ1v) is 9.93. The summed E-state index contributed by atoms with van der Waals surface area (Å²) < 4.78 is 0. The van der Waals surface area contributed by atoms with Crippen LogP contribution in [0.15, 0.2) is 4.99 Å². The fourth-order valence-corrected chi connectivity index (χ4v) is 2.65. The van der Waals surface area contributed by atoms with Gasteiger partial charge in [-0.05, 0) is 44.6 Å². The van der Waals surface area contributed by atoms with E-state index in [4.69, 9.17) is 22.9 Å². The van der Waals surface area contributed by atoms with E-state index in [2.05, 4.69) is 15.6 Å². The molecule has 0 aromatic rings. The molecular weight excluding hydrogens is 378 g/mol. The minimum Gasteiger partial charge on any atom is -0.480 e. The van der Waals surface area contributed by atoms with E-state index in [9.17, 15) is 19.5 Å². The molecule has 0 fully saturated rings. The molecule has 168 valence electrons. The highest BCUT2D eigenvalue weighted by atomic mass is 16.4. The van der Waals surface area contributed by atoms with Crippen LogP contribution in [0.25, 0.3) is 0 Å².